The van der Waals surface area contributed by atoms with Gasteiger partial charge >= 0.3 is 0 Å². The Morgan fingerprint density at radius 3 is 3.00 bits per heavy atom. The Balaban J connectivity index is 1.46. The van der Waals surface area contributed by atoms with Crippen molar-refractivity contribution in [3.63, 3.8) is 0 Å². The van der Waals surface area contributed by atoms with Gasteiger partial charge in [0, 0.05) is 63.3 Å². The molecular weight excluding hydrogens is 284 g/mol. The van der Waals surface area contributed by atoms with E-state index in [0.717, 1.165) is 38.6 Å². The number of carbonyl (C=O) groups is 1. The van der Waals surface area contributed by atoms with E-state index in [0.29, 0.717) is 13.0 Å². The van der Waals surface area contributed by atoms with E-state index >= 15 is 0 Å². The zero-order valence-electron chi connectivity index (χ0n) is 12.5. The molecule has 3 rings (SSSR count). The van der Waals surface area contributed by atoms with Gasteiger partial charge in [0.05, 0.1) is 0 Å². The lowest BCUT2D eigenvalue weighted by molar-refractivity contribution is -0.131. The first kappa shape index (κ1) is 14.9. The van der Waals surface area contributed by atoms with Gasteiger partial charge < -0.3 is 4.90 Å². The lowest BCUT2D eigenvalue weighted by Crippen LogP contribution is -2.39. The van der Waals surface area contributed by atoms with Crippen LogP contribution in [0.1, 0.15) is 19.3 Å². The smallest absolute Gasteiger partial charge is 0.224 e. The SMILES string of the molecule is O=C(CCn1cccn1)N1CCCN(C2CCSC2)CC1. The minimum absolute atomic E-state index is 0.271. The van der Waals surface area contributed by atoms with E-state index in [1.165, 1.54) is 17.9 Å². The lowest BCUT2D eigenvalue weighted by atomic mass is 10.2. The highest BCUT2D eigenvalue weighted by atomic mass is 32.2. The molecule has 3 heterocycles. The van der Waals surface area contributed by atoms with Crippen molar-refractivity contribution in [2.45, 2.75) is 31.8 Å². The van der Waals surface area contributed by atoms with Crippen LogP contribution in [0, 0.1) is 0 Å². The van der Waals surface area contributed by atoms with Gasteiger partial charge in [-0.15, -0.1) is 0 Å². The summed E-state index contributed by atoms with van der Waals surface area (Å²) in [5, 5.41) is 4.15. The molecule has 1 aromatic rings. The van der Waals surface area contributed by atoms with Crippen molar-refractivity contribution in [1.82, 2.24) is 19.6 Å². The molecule has 21 heavy (non-hydrogen) atoms. The quantitative estimate of drug-likeness (QED) is 0.841. The Kier molecular flexibility index (Phi) is 5.19. The molecule has 5 nitrogen and oxygen atoms in total. The summed E-state index contributed by atoms with van der Waals surface area (Å²) in [4.78, 5) is 17.0. The van der Waals surface area contributed by atoms with E-state index in [1.807, 2.05) is 21.8 Å². The molecule has 0 saturated carbocycles. The molecule has 1 amide bonds. The fraction of sp³-hybridized carbons (Fsp3) is 0.733. The second-order valence-corrected chi connectivity index (χ2v) is 6.96. The van der Waals surface area contributed by atoms with Crippen LogP contribution in [0.5, 0.6) is 0 Å². The maximum Gasteiger partial charge on any atom is 0.224 e. The molecule has 0 bridgehead atoms. The highest BCUT2D eigenvalue weighted by Crippen LogP contribution is 2.23. The molecule has 1 atom stereocenters. The number of carbonyl (C=O) groups excluding carboxylic acids is 1. The molecule has 6 heteroatoms. The second-order valence-electron chi connectivity index (χ2n) is 5.81. The van der Waals surface area contributed by atoms with Crippen LogP contribution in [-0.4, -0.2) is 69.2 Å². The molecule has 1 aromatic heterocycles. The fourth-order valence-electron chi connectivity index (χ4n) is 3.16. The highest BCUT2D eigenvalue weighted by molar-refractivity contribution is 7.99. The number of aromatic nitrogens is 2. The number of rotatable bonds is 4. The first-order chi connectivity index (χ1) is 10.3. The molecule has 2 aliphatic heterocycles. The molecule has 2 saturated heterocycles. The third-order valence-corrected chi connectivity index (χ3v) is 5.56. The first-order valence-electron chi connectivity index (χ1n) is 7.90. The largest absolute Gasteiger partial charge is 0.341 e. The third kappa shape index (κ3) is 4.01. The Labute approximate surface area is 130 Å². The van der Waals surface area contributed by atoms with Crippen LogP contribution in [0.25, 0.3) is 0 Å². The van der Waals surface area contributed by atoms with Crippen molar-refractivity contribution in [1.29, 1.82) is 0 Å². The zero-order valence-corrected chi connectivity index (χ0v) is 13.3. The Morgan fingerprint density at radius 2 is 2.24 bits per heavy atom. The van der Waals surface area contributed by atoms with E-state index in [4.69, 9.17) is 0 Å². The predicted molar refractivity (Wildman–Crippen MR) is 85.3 cm³/mol. The van der Waals surface area contributed by atoms with Crippen LogP contribution in [-0.2, 0) is 11.3 Å². The number of hydrogen-bond acceptors (Lipinski definition) is 4. The molecule has 0 radical (unpaired) electrons. The monoisotopic (exact) mass is 308 g/mol. The van der Waals surface area contributed by atoms with Gasteiger partial charge in [0.15, 0.2) is 0 Å². The van der Waals surface area contributed by atoms with Gasteiger partial charge in [0.25, 0.3) is 0 Å². The molecule has 0 N–H and O–H groups in total. The number of aryl methyl sites for hydroxylation is 1. The zero-order chi connectivity index (χ0) is 14.5. The summed E-state index contributed by atoms with van der Waals surface area (Å²) in [5.41, 5.74) is 0. The molecule has 0 aromatic carbocycles. The lowest BCUT2D eigenvalue weighted by Gasteiger charge is -2.26. The molecular formula is C15H24N4OS. The molecule has 2 aliphatic rings. The molecule has 0 spiro atoms. The van der Waals surface area contributed by atoms with Gasteiger partial charge in [-0.2, -0.15) is 16.9 Å². The average molecular weight is 308 g/mol. The van der Waals surface area contributed by atoms with E-state index in [2.05, 4.69) is 21.8 Å². The summed E-state index contributed by atoms with van der Waals surface area (Å²) < 4.78 is 1.83. The van der Waals surface area contributed by atoms with Gasteiger partial charge in [-0.3, -0.25) is 14.4 Å². The maximum absolute atomic E-state index is 12.3. The van der Waals surface area contributed by atoms with Crippen LogP contribution >= 0.6 is 11.8 Å². The van der Waals surface area contributed by atoms with Gasteiger partial charge in [-0.1, -0.05) is 0 Å². The second kappa shape index (κ2) is 7.31. The standard InChI is InChI=1S/C15H24N4OS/c20-15(3-9-19-8-1-5-16-19)18-7-2-6-17(10-11-18)14-4-12-21-13-14/h1,5,8,14H,2-4,6-7,9-13H2. The average Bonchev–Trinajstić information content (AvgIpc) is 3.15. The predicted octanol–water partition coefficient (Wildman–Crippen LogP) is 1.31. The Morgan fingerprint density at radius 1 is 1.29 bits per heavy atom. The van der Waals surface area contributed by atoms with Crippen LogP contribution in [0.2, 0.25) is 0 Å². The fourth-order valence-corrected chi connectivity index (χ4v) is 4.42. The molecule has 1 unspecified atom stereocenters. The summed E-state index contributed by atoms with van der Waals surface area (Å²) in [7, 11) is 0. The van der Waals surface area contributed by atoms with Crippen molar-refractivity contribution >= 4 is 17.7 Å². The highest BCUT2D eigenvalue weighted by Gasteiger charge is 2.26. The van der Waals surface area contributed by atoms with Crippen molar-refractivity contribution in [3.8, 4) is 0 Å². The molecule has 0 aliphatic carbocycles. The number of nitrogens with zero attached hydrogens (tertiary/aromatic N) is 4. The minimum atomic E-state index is 0.271. The van der Waals surface area contributed by atoms with E-state index in [-0.39, 0.29) is 5.91 Å². The molecule has 116 valence electrons. The summed E-state index contributed by atoms with van der Waals surface area (Å²) in [5.74, 6) is 2.84. The minimum Gasteiger partial charge on any atom is -0.341 e. The van der Waals surface area contributed by atoms with Gasteiger partial charge in [0.2, 0.25) is 5.91 Å². The number of hydrogen-bond donors (Lipinski definition) is 0. The van der Waals surface area contributed by atoms with Crippen molar-refractivity contribution in [2.75, 3.05) is 37.7 Å². The van der Waals surface area contributed by atoms with Crippen molar-refractivity contribution < 1.29 is 4.79 Å². The van der Waals surface area contributed by atoms with Gasteiger partial charge in [-0.25, -0.2) is 0 Å². The first-order valence-corrected chi connectivity index (χ1v) is 9.05. The topological polar surface area (TPSA) is 41.4 Å². The number of thioether (sulfide) groups is 1. The Bertz CT molecular complexity index is 445. The van der Waals surface area contributed by atoms with Crippen molar-refractivity contribution in [3.05, 3.63) is 18.5 Å². The van der Waals surface area contributed by atoms with Crippen LogP contribution in [0.15, 0.2) is 18.5 Å². The van der Waals surface area contributed by atoms with E-state index in [9.17, 15) is 4.79 Å². The van der Waals surface area contributed by atoms with Crippen LogP contribution in [0.3, 0.4) is 0 Å². The van der Waals surface area contributed by atoms with E-state index in [1.54, 1.807) is 6.20 Å². The number of amides is 1. The summed E-state index contributed by atoms with van der Waals surface area (Å²) in [6, 6.07) is 2.64. The molecule has 2 fully saturated rings. The van der Waals surface area contributed by atoms with Crippen LogP contribution < -0.4 is 0 Å². The Hall–Kier alpha value is -1.01. The summed E-state index contributed by atoms with van der Waals surface area (Å²) >= 11 is 2.06. The third-order valence-electron chi connectivity index (χ3n) is 4.42. The van der Waals surface area contributed by atoms with Gasteiger partial charge in [0.1, 0.15) is 0 Å². The van der Waals surface area contributed by atoms with Gasteiger partial charge in [-0.05, 0) is 24.7 Å². The maximum atomic E-state index is 12.3. The summed E-state index contributed by atoms with van der Waals surface area (Å²) in [6.07, 6.45) is 6.65. The summed E-state index contributed by atoms with van der Waals surface area (Å²) in [6.45, 7) is 4.67. The normalized spacial score (nSPS) is 24.2. The van der Waals surface area contributed by atoms with Crippen molar-refractivity contribution in [2.24, 2.45) is 0 Å². The van der Waals surface area contributed by atoms with E-state index < -0.39 is 0 Å². The van der Waals surface area contributed by atoms with Crippen LogP contribution in [0.4, 0.5) is 0 Å².